The molecule has 1 aliphatic carbocycles. The van der Waals surface area contributed by atoms with Gasteiger partial charge in [-0.15, -0.1) is 24.0 Å². The molecular formula is C14H28IN3O2. The first-order valence-corrected chi connectivity index (χ1v) is 7.49. The first-order valence-electron chi connectivity index (χ1n) is 7.49. The van der Waals surface area contributed by atoms with Crippen LogP contribution in [0, 0.1) is 11.3 Å². The van der Waals surface area contributed by atoms with Crippen LogP contribution < -0.4 is 10.6 Å². The van der Waals surface area contributed by atoms with E-state index < -0.39 is 0 Å². The van der Waals surface area contributed by atoms with Crippen LogP contribution in [0.15, 0.2) is 4.99 Å². The van der Waals surface area contributed by atoms with E-state index in [-0.39, 0.29) is 36.0 Å². The Morgan fingerprint density at radius 1 is 1.40 bits per heavy atom. The molecule has 6 heteroatoms. The summed E-state index contributed by atoms with van der Waals surface area (Å²) in [6.45, 7) is 6.44. The van der Waals surface area contributed by atoms with E-state index in [9.17, 15) is 5.11 Å². The van der Waals surface area contributed by atoms with E-state index in [2.05, 4.69) is 22.5 Å². The van der Waals surface area contributed by atoms with E-state index in [1.807, 2.05) is 0 Å². The average Bonchev–Trinajstić information content (AvgIpc) is 3.13. The van der Waals surface area contributed by atoms with Crippen molar-refractivity contribution in [1.29, 1.82) is 0 Å². The summed E-state index contributed by atoms with van der Waals surface area (Å²) in [7, 11) is 0. The molecule has 2 aliphatic rings. The third kappa shape index (κ3) is 5.73. The second-order valence-corrected chi connectivity index (χ2v) is 5.80. The highest BCUT2D eigenvalue weighted by Crippen LogP contribution is 2.32. The quantitative estimate of drug-likeness (QED) is 0.345. The fraction of sp³-hybridized carbons (Fsp3) is 0.929. The van der Waals surface area contributed by atoms with Crippen LogP contribution in [-0.4, -0.2) is 50.5 Å². The van der Waals surface area contributed by atoms with E-state index in [4.69, 9.17) is 4.74 Å². The van der Waals surface area contributed by atoms with Gasteiger partial charge in [0.25, 0.3) is 0 Å². The summed E-state index contributed by atoms with van der Waals surface area (Å²) in [5.74, 6) is 1.74. The van der Waals surface area contributed by atoms with Gasteiger partial charge in [-0.25, -0.2) is 0 Å². The molecule has 0 aromatic rings. The number of hydrogen-bond donors (Lipinski definition) is 3. The second-order valence-electron chi connectivity index (χ2n) is 5.80. The van der Waals surface area contributed by atoms with Crippen molar-refractivity contribution in [3.05, 3.63) is 0 Å². The van der Waals surface area contributed by atoms with Crippen LogP contribution in [0.4, 0.5) is 0 Å². The van der Waals surface area contributed by atoms with E-state index in [1.165, 1.54) is 12.8 Å². The van der Waals surface area contributed by atoms with Crippen molar-refractivity contribution < 1.29 is 9.84 Å². The summed E-state index contributed by atoms with van der Waals surface area (Å²) in [4.78, 5) is 4.69. The number of hydrogen-bond acceptors (Lipinski definition) is 3. The molecule has 0 bridgehead atoms. The van der Waals surface area contributed by atoms with Crippen molar-refractivity contribution in [3.8, 4) is 0 Å². The monoisotopic (exact) mass is 397 g/mol. The first-order chi connectivity index (χ1) is 9.28. The molecule has 0 radical (unpaired) electrons. The number of rotatable bonds is 7. The van der Waals surface area contributed by atoms with E-state index in [1.54, 1.807) is 0 Å². The van der Waals surface area contributed by atoms with E-state index in [0.717, 1.165) is 57.6 Å². The lowest BCUT2D eigenvalue weighted by molar-refractivity contribution is 0.131. The summed E-state index contributed by atoms with van der Waals surface area (Å²) in [5, 5.41) is 15.9. The average molecular weight is 397 g/mol. The Labute approximate surface area is 139 Å². The van der Waals surface area contributed by atoms with Crippen LogP contribution in [-0.2, 0) is 4.74 Å². The van der Waals surface area contributed by atoms with Gasteiger partial charge in [0.05, 0.1) is 13.2 Å². The fourth-order valence-electron chi connectivity index (χ4n) is 2.44. The third-order valence-corrected chi connectivity index (χ3v) is 4.00. The molecule has 5 nitrogen and oxygen atoms in total. The van der Waals surface area contributed by atoms with Crippen LogP contribution in [0.5, 0.6) is 0 Å². The number of nitrogens with one attached hydrogen (secondary N) is 2. The molecule has 1 atom stereocenters. The van der Waals surface area contributed by atoms with Crippen molar-refractivity contribution in [2.45, 2.75) is 32.6 Å². The number of aliphatic hydroxyl groups is 1. The summed E-state index contributed by atoms with van der Waals surface area (Å²) in [5.41, 5.74) is 0.0384. The number of guanidine groups is 1. The zero-order valence-corrected chi connectivity index (χ0v) is 14.7. The molecule has 0 spiro atoms. The van der Waals surface area contributed by atoms with Crippen molar-refractivity contribution in [2.75, 3.05) is 39.5 Å². The number of aliphatic imine (C=N–C) groups is 1. The van der Waals surface area contributed by atoms with Crippen LogP contribution >= 0.6 is 24.0 Å². The van der Waals surface area contributed by atoms with Gasteiger partial charge in [0, 0.05) is 31.7 Å². The molecule has 3 N–H and O–H groups in total. The van der Waals surface area contributed by atoms with Gasteiger partial charge in [-0.2, -0.15) is 0 Å². The van der Waals surface area contributed by atoms with E-state index in [0.29, 0.717) is 0 Å². The normalized spacial score (nSPS) is 26.2. The van der Waals surface area contributed by atoms with Gasteiger partial charge in [0.1, 0.15) is 0 Å². The van der Waals surface area contributed by atoms with Gasteiger partial charge in [-0.3, -0.25) is 4.99 Å². The molecule has 0 aromatic carbocycles. The molecule has 1 aliphatic heterocycles. The number of ether oxygens (including phenoxy) is 1. The highest BCUT2D eigenvalue weighted by Gasteiger charge is 2.34. The SMILES string of the molecule is CCNC(=NCC1(CCO)CCOC1)NCC1CC1.I. The zero-order chi connectivity index (χ0) is 13.6. The molecule has 0 aromatic heterocycles. The topological polar surface area (TPSA) is 65.9 Å². The Hall–Kier alpha value is -0.0800. The van der Waals surface area contributed by atoms with Crippen LogP contribution in [0.25, 0.3) is 0 Å². The maximum Gasteiger partial charge on any atom is 0.191 e. The maximum absolute atomic E-state index is 9.21. The summed E-state index contributed by atoms with van der Waals surface area (Å²) >= 11 is 0. The Bertz CT molecular complexity index is 303. The smallest absolute Gasteiger partial charge is 0.191 e. The molecular weight excluding hydrogens is 369 g/mol. The van der Waals surface area contributed by atoms with Crippen molar-refractivity contribution in [2.24, 2.45) is 16.3 Å². The molecule has 1 unspecified atom stereocenters. The van der Waals surface area contributed by atoms with E-state index >= 15 is 0 Å². The number of aliphatic hydroxyl groups excluding tert-OH is 1. The van der Waals surface area contributed by atoms with Crippen molar-refractivity contribution in [1.82, 2.24) is 10.6 Å². The zero-order valence-electron chi connectivity index (χ0n) is 12.4. The van der Waals surface area contributed by atoms with Crippen LogP contribution in [0.2, 0.25) is 0 Å². The number of halogens is 1. The molecule has 1 saturated heterocycles. The third-order valence-electron chi connectivity index (χ3n) is 4.00. The molecule has 2 rings (SSSR count). The predicted molar refractivity (Wildman–Crippen MR) is 91.7 cm³/mol. The van der Waals surface area contributed by atoms with Gasteiger partial charge >= 0.3 is 0 Å². The van der Waals surface area contributed by atoms with Crippen LogP contribution in [0.3, 0.4) is 0 Å². The Morgan fingerprint density at radius 2 is 2.20 bits per heavy atom. The van der Waals surface area contributed by atoms with Gasteiger partial charge in [-0.05, 0) is 38.5 Å². The molecule has 0 amide bonds. The van der Waals surface area contributed by atoms with Crippen molar-refractivity contribution >= 4 is 29.9 Å². The predicted octanol–water partition coefficient (Wildman–Crippen LogP) is 1.36. The minimum Gasteiger partial charge on any atom is -0.396 e. The van der Waals surface area contributed by atoms with Crippen molar-refractivity contribution in [3.63, 3.8) is 0 Å². The largest absolute Gasteiger partial charge is 0.396 e. The molecule has 1 heterocycles. The standard InChI is InChI=1S/C14H27N3O2.HI/c1-2-15-13(16-9-12-3-4-12)17-10-14(5-7-18)6-8-19-11-14;/h12,18H,2-11H2,1H3,(H2,15,16,17);1H. The summed E-state index contributed by atoms with van der Waals surface area (Å²) < 4.78 is 5.49. The fourth-order valence-corrected chi connectivity index (χ4v) is 2.44. The lowest BCUT2D eigenvalue weighted by Crippen LogP contribution is -2.39. The Morgan fingerprint density at radius 3 is 2.75 bits per heavy atom. The van der Waals surface area contributed by atoms with Gasteiger partial charge in [0.15, 0.2) is 5.96 Å². The second kappa shape index (κ2) is 9.04. The molecule has 20 heavy (non-hydrogen) atoms. The Balaban J connectivity index is 0.00000200. The summed E-state index contributed by atoms with van der Waals surface area (Å²) in [6.07, 6.45) is 4.46. The first kappa shape index (κ1) is 18.0. The number of nitrogens with zero attached hydrogens (tertiary/aromatic N) is 1. The molecule has 2 fully saturated rings. The Kier molecular flexibility index (Phi) is 8.13. The van der Waals surface area contributed by atoms with Crippen LogP contribution in [0.1, 0.15) is 32.6 Å². The summed E-state index contributed by atoms with van der Waals surface area (Å²) in [6, 6.07) is 0. The maximum atomic E-state index is 9.21. The molecule has 1 saturated carbocycles. The molecule has 118 valence electrons. The minimum atomic E-state index is 0. The minimum absolute atomic E-state index is 0. The highest BCUT2D eigenvalue weighted by atomic mass is 127. The van der Waals surface area contributed by atoms with Gasteiger partial charge in [-0.1, -0.05) is 0 Å². The lowest BCUT2D eigenvalue weighted by atomic mass is 9.84. The highest BCUT2D eigenvalue weighted by molar-refractivity contribution is 14.0. The lowest BCUT2D eigenvalue weighted by Gasteiger charge is -2.24. The van der Waals surface area contributed by atoms with Gasteiger partial charge in [0.2, 0.25) is 0 Å². The van der Waals surface area contributed by atoms with Gasteiger partial charge < -0.3 is 20.5 Å².